The Hall–Kier alpha value is -0.880. The molecule has 18 heavy (non-hydrogen) atoms. The molecule has 1 heterocycles. The summed E-state index contributed by atoms with van der Waals surface area (Å²) in [4.78, 5) is 11.9. The monoisotopic (exact) mass is 317 g/mol. The van der Waals surface area contributed by atoms with E-state index in [1.54, 1.807) is 6.20 Å². The van der Waals surface area contributed by atoms with Crippen LogP contribution in [0.25, 0.3) is 0 Å². The Morgan fingerprint density at radius 1 is 1.56 bits per heavy atom. The van der Waals surface area contributed by atoms with Crippen molar-refractivity contribution >= 4 is 21.6 Å². The molecule has 0 bridgehead atoms. The van der Waals surface area contributed by atoms with Crippen molar-refractivity contribution in [2.75, 3.05) is 11.9 Å². The summed E-state index contributed by atoms with van der Waals surface area (Å²) < 4.78 is 1.88. The number of nitrogens with one attached hydrogen (secondary N) is 1. The van der Waals surface area contributed by atoms with Crippen molar-refractivity contribution in [1.29, 1.82) is 0 Å². The van der Waals surface area contributed by atoms with Crippen LogP contribution in [0.2, 0.25) is 0 Å². The molecule has 6 heteroatoms. The third-order valence-corrected chi connectivity index (χ3v) is 3.46. The van der Waals surface area contributed by atoms with Gasteiger partial charge in [0.1, 0.15) is 4.47 Å². The summed E-state index contributed by atoms with van der Waals surface area (Å²) in [5, 5.41) is 16.8. The summed E-state index contributed by atoms with van der Waals surface area (Å²) in [7, 11) is 0. The number of hydrogen-bond acceptors (Lipinski definition) is 4. The van der Waals surface area contributed by atoms with Crippen LogP contribution in [0, 0.1) is 5.92 Å². The van der Waals surface area contributed by atoms with E-state index < -0.39 is 6.10 Å². The van der Waals surface area contributed by atoms with Gasteiger partial charge in [-0.15, -0.1) is 0 Å². The van der Waals surface area contributed by atoms with Crippen LogP contribution in [0.3, 0.4) is 0 Å². The van der Waals surface area contributed by atoms with E-state index in [9.17, 15) is 9.90 Å². The molecular formula is C12H20BrN3O2. The predicted octanol–water partition coefficient (Wildman–Crippen LogP) is 1.84. The van der Waals surface area contributed by atoms with Gasteiger partial charge >= 0.3 is 0 Å². The van der Waals surface area contributed by atoms with Crippen molar-refractivity contribution in [3.05, 3.63) is 21.0 Å². The summed E-state index contributed by atoms with van der Waals surface area (Å²) in [5.41, 5.74) is 0.466. The molecule has 5 nitrogen and oxygen atoms in total. The second-order valence-corrected chi connectivity index (χ2v) is 5.39. The van der Waals surface area contributed by atoms with Crippen LogP contribution in [0.4, 0.5) is 5.69 Å². The van der Waals surface area contributed by atoms with E-state index in [-0.39, 0.29) is 11.5 Å². The lowest BCUT2D eigenvalue weighted by molar-refractivity contribution is 0.138. The summed E-state index contributed by atoms with van der Waals surface area (Å²) in [6.07, 6.45) is 2.02. The molecule has 1 aromatic rings. The molecule has 0 saturated heterocycles. The van der Waals surface area contributed by atoms with Crippen molar-refractivity contribution in [3.8, 4) is 0 Å². The highest BCUT2D eigenvalue weighted by molar-refractivity contribution is 9.10. The minimum atomic E-state index is -0.449. The van der Waals surface area contributed by atoms with Gasteiger partial charge < -0.3 is 10.4 Å². The molecule has 2 N–H and O–H groups in total. The third kappa shape index (κ3) is 3.81. The fraction of sp³-hybridized carbons (Fsp3) is 0.667. The molecule has 1 rings (SSSR count). The molecule has 0 aliphatic heterocycles. The second kappa shape index (κ2) is 6.89. The van der Waals surface area contributed by atoms with Crippen molar-refractivity contribution in [1.82, 2.24) is 9.78 Å². The lowest BCUT2D eigenvalue weighted by Crippen LogP contribution is -2.28. The lowest BCUT2D eigenvalue weighted by Gasteiger charge is -2.16. The van der Waals surface area contributed by atoms with Crippen molar-refractivity contribution in [2.45, 2.75) is 39.8 Å². The van der Waals surface area contributed by atoms with E-state index in [0.29, 0.717) is 23.2 Å². The Bertz CT molecular complexity index is 445. The SMILES string of the molecule is CCCn1ncc(NCC(O)C(C)C)c(Br)c1=O. The predicted molar refractivity (Wildman–Crippen MR) is 75.8 cm³/mol. The second-order valence-electron chi connectivity index (χ2n) is 4.59. The van der Waals surface area contributed by atoms with Gasteiger partial charge in [0.25, 0.3) is 5.56 Å². The smallest absolute Gasteiger partial charge is 0.283 e. The zero-order valence-electron chi connectivity index (χ0n) is 11.0. The van der Waals surface area contributed by atoms with Crippen LogP contribution in [-0.2, 0) is 6.54 Å². The number of aryl methyl sites for hydroxylation is 1. The highest BCUT2D eigenvalue weighted by Gasteiger charge is 2.12. The van der Waals surface area contributed by atoms with Crippen LogP contribution in [0.15, 0.2) is 15.5 Å². The van der Waals surface area contributed by atoms with Crippen LogP contribution in [0.1, 0.15) is 27.2 Å². The molecule has 0 amide bonds. The Morgan fingerprint density at radius 3 is 2.78 bits per heavy atom. The summed E-state index contributed by atoms with van der Waals surface area (Å²) in [5.74, 6) is 0.171. The molecule has 0 saturated carbocycles. The zero-order valence-corrected chi connectivity index (χ0v) is 12.6. The van der Waals surface area contributed by atoms with Crippen LogP contribution in [0.5, 0.6) is 0 Å². The number of aliphatic hydroxyl groups excluding tert-OH is 1. The van der Waals surface area contributed by atoms with Gasteiger partial charge in [0.05, 0.1) is 18.0 Å². The normalized spacial score (nSPS) is 12.8. The van der Waals surface area contributed by atoms with Gasteiger partial charge in [0.15, 0.2) is 0 Å². The Morgan fingerprint density at radius 2 is 2.22 bits per heavy atom. The summed E-state index contributed by atoms with van der Waals surface area (Å²) in [6, 6.07) is 0. The van der Waals surface area contributed by atoms with Crippen LogP contribution < -0.4 is 10.9 Å². The summed E-state index contributed by atoms with van der Waals surface area (Å²) in [6.45, 7) is 6.88. The van der Waals surface area contributed by atoms with Crippen LogP contribution in [-0.4, -0.2) is 27.5 Å². The first-order valence-electron chi connectivity index (χ1n) is 6.14. The number of halogens is 1. The average molecular weight is 318 g/mol. The molecule has 0 aliphatic rings. The van der Waals surface area contributed by atoms with E-state index in [0.717, 1.165) is 6.42 Å². The van der Waals surface area contributed by atoms with Crippen molar-refractivity contribution in [2.24, 2.45) is 5.92 Å². The largest absolute Gasteiger partial charge is 0.391 e. The van der Waals surface area contributed by atoms with Gasteiger partial charge in [-0.1, -0.05) is 20.8 Å². The van der Waals surface area contributed by atoms with Crippen LogP contribution >= 0.6 is 15.9 Å². The molecule has 0 aromatic carbocycles. The number of hydrogen-bond donors (Lipinski definition) is 2. The van der Waals surface area contributed by atoms with E-state index in [1.165, 1.54) is 4.68 Å². The van der Waals surface area contributed by atoms with Crippen molar-refractivity contribution < 1.29 is 5.11 Å². The van der Waals surface area contributed by atoms with E-state index in [4.69, 9.17) is 0 Å². The van der Waals surface area contributed by atoms with Gasteiger partial charge in [-0.3, -0.25) is 4.79 Å². The standard InChI is InChI=1S/C12H20BrN3O2/c1-4-5-16-12(18)11(13)9(6-15-16)14-7-10(17)8(2)3/h6,8,10,14,17H,4-5,7H2,1-3H3. The van der Waals surface area contributed by atoms with Gasteiger partial charge in [0, 0.05) is 13.1 Å². The van der Waals surface area contributed by atoms with Gasteiger partial charge in [-0.25, -0.2) is 4.68 Å². The minimum Gasteiger partial charge on any atom is -0.391 e. The number of rotatable bonds is 6. The van der Waals surface area contributed by atoms with E-state index in [2.05, 4.69) is 26.3 Å². The number of anilines is 1. The molecule has 0 radical (unpaired) electrons. The topological polar surface area (TPSA) is 67.2 Å². The highest BCUT2D eigenvalue weighted by atomic mass is 79.9. The number of nitrogens with zero attached hydrogens (tertiary/aromatic N) is 2. The zero-order chi connectivity index (χ0) is 13.7. The molecule has 102 valence electrons. The molecule has 1 unspecified atom stereocenters. The first-order valence-corrected chi connectivity index (χ1v) is 6.94. The molecular weight excluding hydrogens is 298 g/mol. The van der Waals surface area contributed by atoms with Gasteiger partial charge in [-0.05, 0) is 28.3 Å². The Kier molecular flexibility index (Phi) is 5.81. The Labute approximate surface area is 115 Å². The van der Waals surface area contributed by atoms with Gasteiger partial charge in [-0.2, -0.15) is 5.10 Å². The molecule has 0 spiro atoms. The molecule has 0 fully saturated rings. The maximum atomic E-state index is 11.9. The van der Waals surface area contributed by atoms with Gasteiger partial charge in [0.2, 0.25) is 0 Å². The highest BCUT2D eigenvalue weighted by Crippen LogP contribution is 2.16. The minimum absolute atomic E-state index is 0.152. The quantitative estimate of drug-likeness (QED) is 0.840. The van der Waals surface area contributed by atoms with E-state index in [1.807, 2.05) is 20.8 Å². The molecule has 1 atom stereocenters. The lowest BCUT2D eigenvalue weighted by atomic mass is 10.1. The fourth-order valence-corrected chi connectivity index (χ4v) is 1.86. The maximum absolute atomic E-state index is 11.9. The first kappa shape index (κ1) is 15.2. The maximum Gasteiger partial charge on any atom is 0.283 e. The fourth-order valence-electron chi connectivity index (χ4n) is 1.41. The first-order chi connectivity index (χ1) is 8.47. The third-order valence-electron chi connectivity index (χ3n) is 2.69. The average Bonchev–Trinajstić information content (AvgIpc) is 2.33. The Balaban J connectivity index is 2.79. The summed E-state index contributed by atoms with van der Waals surface area (Å²) >= 11 is 3.27. The van der Waals surface area contributed by atoms with E-state index >= 15 is 0 Å². The number of aliphatic hydroxyl groups is 1. The number of aromatic nitrogens is 2. The molecule has 0 aliphatic carbocycles. The van der Waals surface area contributed by atoms with Crippen molar-refractivity contribution in [3.63, 3.8) is 0 Å². The molecule has 1 aromatic heterocycles.